The maximum absolute atomic E-state index is 12.6. The van der Waals surface area contributed by atoms with E-state index in [0.717, 1.165) is 7.11 Å². The van der Waals surface area contributed by atoms with Crippen molar-refractivity contribution in [3.05, 3.63) is 17.3 Å². The van der Waals surface area contributed by atoms with Crippen molar-refractivity contribution in [1.82, 2.24) is 4.98 Å². The van der Waals surface area contributed by atoms with Gasteiger partial charge in [0.2, 0.25) is 0 Å². The lowest BCUT2D eigenvalue weighted by atomic mass is 10.1. The summed E-state index contributed by atoms with van der Waals surface area (Å²) in [5, 5.41) is 0. The van der Waals surface area contributed by atoms with Crippen molar-refractivity contribution in [3.8, 4) is 11.6 Å². The zero-order valence-electron chi connectivity index (χ0n) is 9.19. The summed E-state index contributed by atoms with van der Waals surface area (Å²) in [6.45, 7) is 0. The molecule has 0 aromatic carbocycles. The van der Waals surface area contributed by atoms with Gasteiger partial charge < -0.3 is 9.47 Å². The van der Waals surface area contributed by atoms with E-state index in [-0.39, 0.29) is 0 Å². The van der Waals surface area contributed by atoms with Gasteiger partial charge in [0.05, 0.1) is 18.6 Å². The lowest BCUT2D eigenvalue weighted by molar-refractivity contribution is -0.275. The highest BCUT2D eigenvalue weighted by Gasteiger charge is 2.40. The standard InChI is InChI=1S/C9H6ClF6NO2/c1-18-7-6(19-9(14,15)16)4(2-10)5(3-17-7)8(11,12)13/h3H,2H2,1H3. The lowest BCUT2D eigenvalue weighted by Gasteiger charge is -2.18. The number of alkyl halides is 7. The number of hydrogen-bond donors (Lipinski definition) is 0. The van der Waals surface area contributed by atoms with E-state index in [1.54, 1.807) is 0 Å². The molecule has 10 heteroatoms. The lowest BCUT2D eigenvalue weighted by Crippen LogP contribution is -2.20. The first-order chi connectivity index (χ1) is 8.60. The van der Waals surface area contributed by atoms with Gasteiger partial charge in [-0.25, -0.2) is 4.98 Å². The molecule has 0 aliphatic heterocycles. The van der Waals surface area contributed by atoms with Crippen LogP contribution >= 0.6 is 11.6 Å². The fourth-order valence-electron chi connectivity index (χ4n) is 1.25. The van der Waals surface area contributed by atoms with Crippen LogP contribution in [0, 0.1) is 0 Å². The quantitative estimate of drug-likeness (QED) is 0.629. The van der Waals surface area contributed by atoms with Crippen molar-refractivity contribution in [2.24, 2.45) is 0 Å². The summed E-state index contributed by atoms with van der Waals surface area (Å²) >= 11 is 5.27. The van der Waals surface area contributed by atoms with Gasteiger partial charge in [-0.2, -0.15) is 13.2 Å². The third-order valence-electron chi connectivity index (χ3n) is 1.95. The second-order valence-corrected chi connectivity index (χ2v) is 3.44. The Hall–Kier alpha value is -1.38. The van der Waals surface area contributed by atoms with Gasteiger partial charge in [0.25, 0.3) is 5.88 Å². The van der Waals surface area contributed by atoms with Crippen molar-refractivity contribution < 1.29 is 35.8 Å². The van der Waals surface area contributed by atoms with Crippen molar-refractivity contribution >= 4 is 11.6 Å². The number of aromatic nitrogens is 1. The van der Waals surface area contributed by atoms with E-state index in [9.17, 15) is 26.3 Å². The summed E-state index contributed by atoms with van der Waals surface area (Å²) in [5.41, 5.74) is -2.30. The average Bonchev–Trinajstić information content (AvgIpc) is 2.25. The summed E-state index contributed by atoms with van der Waals surface area (Å²) in [6.07, 6.45) is -9.77. The molecule has 0 unspecified atom stereocenters. The van der Waals surface area contributed by atoms with Crippen LogP contribution < -0.4 is 9.47 Å². The topological polar surface area (TPSA) is 31.4 Å². The van der Waals surface area contributed by atoms with E-state index in [4.69, 9.17) is 11.6 Å². The Balaban J connectivity index is 3.46. The monoisotopic (exact) mass is 309 g/mol. The molecule has 0 atom stereocenters. The van der Waals surface area contributed by atoms with Crippen LogP contribution in [0.25, 0.3) is 0 Å². The Morgan fingerprint density at radius 1 is 1.21 bits per heavy atom. The number of rotatable bonds is 3. The average molecular weight is 310 g/mol. The van der Waals surface area contributed by atoms with Crippen LogP contribution in [-0.2, 0) is 12.1 Å². The van der Waals surface area contributed by atoms with Crippen LogP contribution in [0.3, 0.4) is 0 Å². The van der Waals surface area contributed by atoms with Crippen LogP contribution in [0.4, 0.5) is 26.3 Å². The smallest absolute Gasteiger partial charge is 0.478 e. The normalized spacial score (nSPS) is 12.4. The van der Waals surface area contributed by atoms with E-state index in [1.807, 2.05) is 0 Å². The van der Waals surface area contributed by atoms with Gasteiger partial charge in [0.1, 0.15) is 0 Å². The molecule has 0 fully saturated rings. The molecule has 1 heterocycles. The number of halogens is 7. The molecule has 1 aromatic rings. The minimum atomic E-state index is -5.19. The van der Waals surface area contributed by atoms with E-state index in [1.165, 1.54) is 0 Å². The molecule has 3 nitrogen and oxygen atoms in total. The second kappa shape index (κ2) is 5.32. The molecule has 1 rings (SSSR count). The molecule has 0 N–H and O–H groups in total. The first-order valence-electron chi connectivity index (χ1n) is 4.55. The Morgan fingerprint density at radius 2 is 1.79 bits per heavy atom. The molecule has 108 valence electrons. The maximum Gasteiger partial charge on any atom is 0.573 e. The minimum absolute atomic E-state index is 0.333. The highest BCUT2D eigenvalue weighted by molar-refractivity contribution is 6.17. The molecule has 0 saturated heterocycles. The maximum atomic E-state index is 12.6. The Labute approximate surface area is 108 Å². The molecule has 0 aliphatic carbocycles. The first-order valence-corrected chi connectivity index (χ1v) is 5.08. The van der Waals surface area contributed by atoms with Crippen LogP contribution in [0.15, 0.2) is 6.20 Å². The van der Waals surface area contributed by atoms with Gasteiger partial charge in [0, 0.05) is 11.8 Å². The van der Waals surface area contributed by atoms with Crippen molar-refractivity contribution in [1.29, 1.82) is 0 Å². The van der Waals surface area contributed by atoms with Crippen molar-refractivity contribution in [3.63, 3.8) is 0 Å². The summed E-state index contributed by atoms with van der Waals surface area (Å²) < 4.78 is 82.3. The highest BCUT2D eigenvalue weighted by atomic mass is 35.5. The highest BCUT2D eigenvalue weighted by Crippen LogP contribution is 2.42. The van der Waals surface area contributed by atoms with Gasteiger partial charge in [-0.1, -0.05) is 0 Å². The molecule has 0 radical (unpaired) electrons. The SMILES string of the molecule is COc1ncc(C(F)(F)F)c(CCl)c1OC(F)(F)F. The Morgan fingerprint density at radius 3 is 2.16 bits per heavy atom. The molecule has 0 aliphatic rings. The van der Waals surface area contributed by atoms with E-state index in [2.05, 4.69) is 14.5 Å². The number of hydrogen-bond acceptors (Lipinski definition) is 3. The second-order valence-electron chi connectivity index (χ2n) is 3.17. The number of ether oxygens (including phenoxy) is 2. The van der Waals surface area contributed by atoms with Crippen LogP contribution in [-0.4, -0.2) is 18.5 Å². The van der Waals surface area contributed by atoms with Gasteiger partial charge in [0.15, 0.2) is 5.75 Å². The van der Waals surface area contributed by atoms with E-state index in [0.29, 0.717) is 6.20 Å². The molecule has 19 heavy (non-hydrogen) atoms. The Kier molecular flexibility index (Phi) is 4.39. The van der Waals surface area contributed by atoms with Crippen LogP contribution in [0.2, 0.25) is 0 Å². The van der Waals surface area contributed by atoms with E-state index >= 15 is 0 Å². The summed E-state index contributed by atoms with van der Waals surface area (Å²) in [4.78, 5) is 3.13. The van der Waals surface area contributed by atoms with Gasteiger partial charge in [-0.3, -0.25) is 0 Å². The molecule has 0 spiro atoms. The molecule has 0 bridgehead atoms. The van der Waals surface area contributed by atoms with Crippen molar-refractivity contribution in [2.75, 3.05) is 7.11 Å². The predicted octanol–water partition coefficient (Wildman–Crippen LogP) is 3.75. The first kappa shape index (κ1) is 15.7. The summed E-state index contributed by atoms with van der Waals surface area (Å²) in [7, 11) is 0.941. The van der Waals surface area contributed by atoms with Crippen LogP contribution in [0.1, 0.15) is 11.1 Å². The largest absolute Gasteiger partial charge is 0.573 e. The fourth-order valence-corrected chi connectivity index (χ4v) is 1.52. The number of nitrogens with zero attached hydrogens (tertiary/aromatic N) is 1. The molecular weight excluding hydrogens is 304 g/mol. The number of methoxy groups -OCH3 is 1. The number of pyridine rings is 1. The van der Waals surface area contributed by atoms with Gasteiger partial charge in [-0.15, -0.1) is 24.8 Å². The Bertz CT molecular complexity index is 459. The molecule has 1 aromatic heterocycles. The fraction of sp³-hybridized carbons (Fsp3) is 0.444. The molecule has 0 amide bonds. The van der Waals surface area contributed by atoms with Crippen LogP contribution in [0.5, 0.6) is 11.6 Å². The minimum Gasteiger partial charge on any atom is -0.478 e. The summed E-state index contributed by atoms with van der Waals surface area (Å²) in [5.74, 6) is -2.78. The van der Waals surface area contributed by atoms with Gasteiger partial charge >= 0.3 is 12.5 Å². The van der Waals surface area contributed by atoms with E-state index < -0.39 is 41.2 Å². The van der Waals surface area contributed by atoms with Crippen molar-refractivity contribution in [2.45, 2.75) is 18.4 Å². The third-order valence-corrected chi connectivity index (χ3v) is 2.22. The zero-order valence-corrected chi connectivity index (χ0v) is 9.95. The predicted molar refractivity (Wildman–Crippen MR) is 52.0 cm³/mol. The zero-order chi connectivity index (χ0) is 14.8. The van der Waals surface area contributed by atoms with Gasteiger partial charge in [-0.05, 0) is 0 Å². The molecule has 0 saturated carbocycles. The third kappa shape index (κ3) is 3.79. The molecular formula is C9H6ClF6NO2. The summed E-state index contributed by atoms with van der Waals surface area (Å²) in [6, 6.07) is 0.